The summed E-state index contributed by atoms with van der Waals surface area (Å²) >= 11 is 1.26. The summed E-state index contributed by atoms with van der Waals surface area (Å²) in [6, 6.07) is 16.2. The summed E-state index contributed by atoms with van der Waals surface area (Å²) in [6.45, 7) is 2.03. The predicted octanol–water partition coefficient (Wildman–Crippen LogP) is 4.53. The molecule has 0 aliphatic carbocycles. The minimum absolute atomic E-state index is 0.196. The van der Waals surface area contributed by atoms with Gasteiger partial charge in [0.1, 0.15) is 16.4 Å². The molecule has 3 rings (SSSR count). The Kier molecular flexibility index (Phi) is 6.01. The average molecular weight is 382 g/mol. The first-order valence-electron chi connectivity index (χ1n) is 8.24. The van der Waals surface area contributed by atoms with Crippen LogP contribution in [0.1, 0.15) is 12.5 Å². The molecular weight excluding hydrogens is 364 g/mol. The number of phenols is 1. The first kappa shape index (κ1) is 18.4. The van der Waals surface area contributed by atoms with E-state index >= 15 is 0 Å². The van der Waals surface area contributed by atoms with Crippen molar-refractivity contribution in [2.75, 3.05) is 17.3 Å². The fourth-order valence-electron chi connectivity index (χ4n) is 2.23. The van der Waals surface area contributed by atoms with Crippen LogP contribution in [0.2, 0.25) is 0 Å². The van der Waals surface area contributed by atoms with Gasteiger partial charge in [0.25, 0.3) is 0 Å². The number of phenolic OH excluding ortho intramolecular Hbond substituents is 1. The van der Waals surface area contributed by atoms with Crippen LogP contribution in [-0.4, -0.2) is 29.0 Å². The second kappa shape index (κ2) is 8.81. The van der Waals surface area contributed by atoms with Crippen LogP contribution in [0.25, 0.3) is 11.3 Å². The number of amides is 1. The van der Waals surface area contributed by atoms with Crippen molar-refractivity contribution >= 4 is 33.8 Å². The number of rotatable bonds is 6. The maximum absolute atomic E-state index is 11.8. The molecule has 3 N–H and O–H groups in total. The van der Waals surface area contributed by atoms with Gasteiger partial charge in [-0.15, -0.1) is 0 Å². The molecule has 1 heterocycles. The molecule has 27 heavy (non-hydrogen) atoms. The van der Waals surface area contributed by atoms with Crippen molar-refractivity contribution in [2.24, 2.45) is 5.10 Å². The minimum Gasteiger partial charge on any atom is -0.508 e. The highest BCUT2D eigenvalue weighted by Crippen LogP contribution is 2.35. The molecule has 138 valence electrons. The Balaban J connectivity index is 1.80. The van der Waals surface area contributed by atoms with Crippen LogP contribution < -0.4 is 10.7 Å². The van der Waals surface area contributed by atoms with E-state index in [1.807, 2.05) is 30.3 Å². The number of ether oxygens (including phenoxy) is 1. The van der Waals surface area contributed by atoms with E-state index in [1.54, 1.807) is 37.4 Å². The van der Waals surface area contributed by atoms with Crippen LogP contribution in [0, 0.1) is 0 Å². The van der Waals surface area contributed by atoms with E-state index in [-0.39, 0.29) is 12.4 Å². The third kappa shape index (κ3) is 5.05. The maximum atomic E-state index is 11.8. The summed E-state index contributed by atoms with van der Waals surface area (Å²) in [5.74, 6) is 0.196. The molecule has 0 unspecified atom stereocenters. The third-order valence-electron chi connectivity index (χ3n) is 3.43. The Labute approximate surface area is 160 Å². The third-order valence-corrected chi connectivity index (χ3v) is 4.31. The first-order chi connectivity index (χ1) is 13.2. The second-order valence-corrected chi connectivity index (χ2v) is 6.37. The Morgan fingerprint density at radius 3 is 2.67 bits per heavy atom. The molecule has 1 amide bonds. The van der Waals surface area contributed by atoms with Crippen LogP contribution in [-0.2, 0) is 4.74 Å². The highest BCUT2D eigenvalue weighted by atomic mass is 32.1. The van der Waals surface area contributed by atoms with Crippen molar-refractivity contribution < 1.29 is 14.6 Å². The van der Waals surface area contributed by atoms with Gasteiger partial charge in [0.05, 0.1) is 12.8 Å². The zero-order valence-corrected chi connectivity index (χ0v) is 15.4. The molecule has 0 atom stereocenters. The van der Waals surface area contributed by atoms with Crippen molar-refractivity contribution in [3.63, 3.8) is 0 Å². The molecule has 2 aromatic carbocycles. The van der Waals surface area contributed by atoms with Gasteiger partial charge in [-0.3, -0.25) is 10.7 Å². The van der Waals surface area contributed by atoms with Gasteiger partial charge in [0, 0.05) is 5.56 Å². The van der Waals surface area contributed by atoms with Crippen LogP contribution >= 0.6 is 11.3 Å². The molecule has 0 fully saturated rings. The smallest absolute Gasteiger partial charge is 0.412 e. The highest BCUT2D eigenvalue weighted by Gasteiger charge is 2.15. The zero-order valence-electron chi connectivity index (χ0n) is 14.5. The monoisotopic (exact) mass is 382 g/mol. The van der Waals surface area contributed by atoms with Gasteiger partial charge in [-0.25, -0.2) is 9.78 Å². The summed E-state index contributed by atoms with van der Waals surface area (Å²) < 4.78 is 4.95. The molecule has 1 aromatic heterocycles. The zero-order chi connectivity index (χ0) is 19.1. The van der Waals surface area contributed by atoms with Crippen LogP contribution in [0.15, 0.2) is 59.7 Å². The van der Waals surface area contributed by atoms with Gasteiger partial charge in [-0.2, -0.15) is 5.10 Å². The Hall–Kier alpha value is -3.39. The number of aromatic hydroxyl groups is 1. The van der Waals surface area contributed by atoms with Crippen molar-refractivity contribution in [1.82, 2.24) is 4.98 Å². The molecule has 0 aliphatic heterocycles. The number of benzene rings is 2. The number of hydrazone groups is 1. The summed E-state index contributed by atoms with van der Waals surface area (Å²) in [4.78, 5) is 16.3. The normalized spacial score (nSPS) is 10.7. The second-order valence-electron chi connectivity index (χ2n) is 5.37. The van der Waals surface area contributed by atoms with Gasteiger partial charge in [-0.05, 0) is 36.8 Å². The molecule has 8 heteroatoms. The molecule has 0 saturated heterocycles. The van der Waals surface area contributed by atoms with E-state index in [0.29, 0.717) is 15.8 Å². The highest BCUT2D eigenvalue weighted by molar-refractivity contribution is 7.20. The summed E-state index contributed by atoms with van der Waals surface area (Å²) in [5.41, 5.74) is 5.20. The standard InChI is InChI=1S/C19H18N4O3S/c1-2-26-19(25)22-17-16(14-6-4-3-5-7-14)21-18(27-17)23-20-12-13-8-10-15(24)11-9-13/h3-12,24H,2H2,1H3,(H,21,23)(H,22,25)/b20-12-. The topological polar surface area (TPSA) is 95.8 Å². The van der Waals surface area contributed by atoms with Crippen molar-refractivity contribution in [1.29, 1.82) is 0 Å². The lowest BCUT2D eigenvalue weighted by Crippen LogP contribution is -2.12. The summed E-state index contributed by atoms with van der Waals surface area (Å²) in [7, 11) is 0. The quantitative estimate of drug-likeness (QED) is 0.430. The Morgan fingerprint density at radius 2 is 1.96 bits per heavy atom. The number of carbonyl (C=O) groups excluding carboxylic acids is 1. The van der Waals surface area contributed by atoms with E-state index in [9.17, 15) is 9.90 Å². The van der Waals surface area contributed by atoms with Crippen molar-refractivity contribution in [3.8, 4) is 17.0 Å². The molecular formula is C19H18N4O3S. The van der Waals surface area contributed by atoms with E-state index in [2.05, 4.69) is 20.8 Å². The summed E-state index contributed by atoms with van der Waals surface area (Å²) in [6.07, 6.45) is 1.08. The van der Waals surface area contributed by atoms with Crippen molar-refractivity contribution in [2.45, 2.75) is 6.92 Å². The number of hydrogen-bond acceptors (Lipinski definition) is 7. The fraction of sp³-hybridized carbons (Fsp3) is 0.105. The van der Waals surface area contributed by atoms with Crippen molar-refractivity contribution in [3.05, 3.63) is 60.2 Å². The minimum atomic E-state index is -0.530. The van der Waals surface area contributed by atoms with E-state index in [0.717, 1.165) is 11.1 Å². The summed E-state index contributed by atoms with van der Waals surface area (Å²) in [5, 5.41) is 17.3. The lowest BCUT2D eigenvalue weighted by Gasteiger charge is -2.04. The van der Waals surface area contributed by atoms with Gasteiger partial charge in [-0.1, -0.05) is 41.7 Å². The van der Waals surface area contributed by atoms with E-state index in [1.165, 1.54) is 11.3 Å². The number of nitrogens with zero attached hydrogens (tertiary/aromatic N) is 2. The lowest BCUT2D eigenvalue weighted by atomic mass is 10.2. The number of aromatic nitrogens is 1. The molecule has 0 radical (unpaired) electrons. The van der Waals surface area contributed by atoms with Crippen LogP contribution in [0.3, 0.4) is 0 Å². The van der Waals surface area contributed by atoms with Crippen LogP contribution in [0.5, 0.6) is 5.75 Å². The van der Waals surface area contributed by atoms with Gasteiger partial charge < -0.3 is 9.84 Å². The molecule has 0 aliphatic rings. The van der Waals surface area contributed by atoms with E-state index < -0.39 is 6.09 Å². The van der Waals surface area contributed by atoms with E-state index in [4.69, 9.17) is 4.74 Å². The number of thiazole rings is 1. The van der Waals surface area contributed by atoms with Crippen LogP contribution in [0.4, 0.5) is 14.9 Å². The maximum Gasteiger partial charge on any atom is 0.412 e. The molecule has 0 spiro atoms. The average Bonchev–Trinajstić information content (AvgIpc) is 3.07. The first-order valence-corrected chi connectivity index (χ1v) is 9.05. The number of carbonyl (C=O) groups is 1. The largest absolute Gasteiger partial charge is 0.508 e. The van der Waals surface area contributed by atoms with Gasteiger partial charge in [0.2, 0.25) is 5.13 Å². The number of nitrogens with one attached hydrogen (secondary N) is 2. The number of hydrogen-bond donors (Lipinski definition) is 3. The number of anilines is 2. The molecule has 3 aromatic rings. The fourth-order valence-corrected chi connectivity index (χ4v) is 3.05. The SMILES string of the molecule is CCOC(=O)Nc1sc(N/N=C\c2ccc(O)cc2)nc1-c1ccccc1. The predicted molar refractivity (Wildman–Crippen MR) is 108 cm³/mol. The van der Waals surface area contributed by atoms with Gasteiger partial charge in [0.15, 0.2) is 0 Å². The Morgan fingerprint density at radius 1 is 1.22 bits per heavy atom. The molecule has 7 nitrogen and oxygen atoms in total. The Bertz CT molecular complexity index is 924. The molecule has 0 bridgehead atoms. The van der Waals surface area contributed by atoms with Gasteiger partial charge >= 0.3 is 6.09 Å². The lowest BCUT2D eigenvalue weighted by molar-refractivity contribution is 0.168. The molecule has 0 saturated carbocycles.